The monoisotopic (exact) mass is 450 g/mol. The van der Waals surface area contributed by atoms with Crippen LogP contribution < -0.4 is 5.32 Å². The molecular weight excluding hydrogens is 420 g/mol. The SMILES string of the molecule is CC[C@@H](CC(=O)N1CCC(C)(C(=O)O)C1)NC(=O)OCC1c2ccccc2-c2ccccc21. The Balaban J connectivity index is 1.33. The van der Waals surface area contributed by atoms with Gasteiger partial charge in [-0.1, -0.05) is 55.5 Å². The number of carbonyl (C=O) groups is 3. The number of fused-ring (bicyclic) bond motifs is 3. The third kappa shape index (κ3) is 4.58. The summed E-state index contributed by atoms with van der Waals surface area (Å²) in [4.78, 5) is 38.3. The largest absolute Gasteiger partial charge is 0.481 e. The zero-order valence-corrected chi connectivity index (χ0v) is 19.0. The number of amides is 2. The van der Waals surface area contributed by atoms with Crippen LogP contribution in [0.15, 0.2) is 48.5 Å². The molecule has 1 fully saturated rings. The highest BCUT2D eigenvalue weighted by Crippen LogP contribution is 2.44. The van der Waals surface area contributed by atoms with Gasteiger partial charge in [0.2, 0.25) is 5.91 Å². The lowest BCUT2D eigenvalue weighted by Gasteiger charge is -2.23. The van der Waals surface area contributed by atoms with Crippen molar-refractivity contribution in [3.63, 3.8) is 0 Å². The first kappa shape index (κ1) is 22.8. The number of hydrogen-bond acceptors (Lipinski definition) is 4. The Morgan fingerprint density at radius 2 is 1.73 bits per heavy atom. The van der Waals surface area contributed by atoms with Gasteiger partial charge in [0.1, 0.15) is 6.61 Å². The van der Waals surface area contributed by atoms with Gasteiger partial charge < -0.3 is 20.1 Å². The van der Waals surface area contributed by atoms with Crippen molar-refractivity contribution in [3.05, 3.63) is 59.7 Å². The molecule has 0 saturated carbocycles. The molecule has 2 atom stereocenters. The zero-order valence-electron chi connectivity index (χ0n) is 19.0. The third-order valence-corrected chi connectivity index (χ3v) is 6.92. The molecule has 2 N–H and O–H groups in total. The van der Waals surface area contributed by atoms with Crippen molar-refractivity contribution >= 4 is 18.0 Å². The molecule has 1 unspecified atom stereocenters. The second kappa shape index (κ2) is 9.25. The molecule has 174 valence electrons. The molecule has 1 aliphatic heterocycles. The molecule has 33 heavy (non-hydrogen) atoms. The van der Waals surface area contributed by atoms with Crippen molar-refractivity contribution in [2.24, 2.45) is 5.41 Å². The highest BCUT2D eigenvalue weighted by molar-refractivity contribution is 5.81. The summed E-state index contributed by atoms with van der Waals surface area (Å²) in [6.07, 6.45) is 0.578. The quantitative estimate of drug-likeness (QED) is 0.664. The molecule has 0 aromatic heterocycles. The van der Waals surface area contributed by atoms with E-state index in [0.29, 0.717) is 19.4 Å². The maximum Gasteiger partial charge on any atom is 0.407 e. The van der Waals surface area contributed by atoms with E-state index < -0.39 is 17.5 Å². The van der Waals surface area contributed by atoms with Gasteiger partial charge in [-0.25, -0.2) is 4.79 Å². The van der Waals surface area contributed by atoms with Gasteiger partial charge in [0, 0.05) is 31.5 Å². The summed E-state index contributed by atoms with van der Waals surface area (Å²) in [6.45, 7) is 4.39. The fourth-order valence-corrected chi connectivity index (χ4v) is 4.79. The number of benzene rings is 2. The molecule has 0 bridgehead atoms. The molecule has 1 saturated heterocycles. The molecule has 1 aliphatic carbocycles. The smallest absolute Gasteiger partial charge is 0.407 e. The van der Waals surface area contributed by atoms with E-state index >= 15 is 0 Å². The maximum atomic E-state index is 12.7. The van der Waals surface area contributed by atoms with E-state index in [0.717, 1.165) is 22.3 Å². The molecule has 7 nitrogen and oxygen atoms in total. The average molecular weight is 451 g/mol. The standard InChI is InChI=1S/C26H30N2O5/c1-3-17(14-23(29)28-13-12-26(2,16-28)24(30)31)27-25(32)33-15-22-20-10-6-4-8-18(20)19-9-5-7-11-21(19)22/h4-11,17,22H,3,12-16H2,1-2H3,(H,27,32)(H,30,31)/t17-,26?/m0/s1. The summed E-state index contributed by atoms with van der Waals surface area (Å²) in [6, 6.07) is 15.9. The van der Waals surface area contributed by atoms with Crippen LogP contribution in [0.5, 0.6) is 0 Å². The van der Waals surface area contributed by atoms with Gasteiger partial charge >= 0.3 is 12.1 Å². The molecular formula is C26H30N2O5. The summed E-state index contributed by atoms with van der Waals surface area (Å²) in [5.74, 6) is -1.06. The van der Waals surface area contributed by atoms with Crippen LogP contribution >= 0.6 is 0 Å². The van der Waals surface area contributed by atoms with E-state index in [-0.39, 0.29) is 37.4 Å². The number of likely N-dealkylation sites (tertiary alicyclic amines) is 1. The molecule has 2 amide bonds. The van der Waals surface area contributed by atoms with Crippen molar-refractivity contribution in [2.75, 3.05) is 19.7 Å². The van der Waals surface area contributed by atoms with Crippen LogP contribution in [0.2, 0.25) is 0 Å². The second-order valence-electron chi connectivity index (χ2n) is 9.21. The fraction of sp³-hybridized carbons (Fsp3) is 0.423. The predicted molar refractivity (Wildman–Crippen MR) is 124 cm³/mol. The van der Waals surface area contributed by atoms with E-state index in [1.165, 1.54) is 0 Å². The fourth-order valence-electron chi connectivity index (χ4n) is 4.79. The molecule has 4 rings (SSSR count). The van der Waals surface area contributed by atoms with E-state index in [4.69, 9.17) is 4.74 Å². The molecule has 7 heteroatoms. The number of hydrogen-bond donors (Lipinski definition) is 2. The van der Waals surface area contributed by atoms with Crippen molar-refractivity contribution in [3.8, 4) is 11.1 Å². The third-order valence-electron chi connectivity index (χ3n) is 6.92. The van der Waals surface area contributed by atoms with Gasteiger partial charge in [-0.15, -0.1) is 0 Å². The van der Waals surface area contributed by atoms with Gasteiger partial charge in [-0.2, -0.15) is 0 Å². The van der Waals surface area contributed by atoms with Gasteiger partial charge in [0.15, 0.2) is 0 Å². The van der Waals surface area contributed by atoms with Crippen LogP contribution in [-0.4, -0.2) is 53.7 Å². The topological polar surface area (TPSA) is 95.9 Å². The van der Waals surface area contributed by atoms with E-state index in [1.807, 2.05) is 31.2 Å². The van der Waals surface area contributed by atoms with Crippen molar-refractivity contribution in [1.29, 1.82) is 0 Å². The number of carboxylic acids is 1. The predicted octanol–water partition coefficient (Wildman–Crippen LogP) is 4.02. The minimum atomic E-state index is -0.905. The number of carboxylic acid groups (broad SMARTS) is 1. The minimum Gasteiger partial charge on any atom is -0.481 e. The lowest BCUT2D eigenvalue weighted by molar-refractivity contribution is -0.147. The van der Waals surface area contributed by atoms with Crippen molar-refractivity contribution in [2.45, 2.75) is 45.1 Å². The normalized spacial score (nSPS) is 20.1. The van der Waals surface area contributed by atoms with Crippen LogP contribution in [0.3, 0.4) is 0 Å². The second-order valence-corrected chi connectivity index (χ2v) is 9.21. The van der Waals surface area contributed by atoms with Crippen molar-refractivity contribution in [1.82, 2.24) is 10.2 Å². The number of carbonyl (C=O) groups excluding carboxylic acids is 2. The van der Waals surface area contributed by atoms with Gasteiger partial charge in [0.05, 0.1) is 5.41 Å². The Morgan fingerprint density at radius 3 is 2.27 bits per heavy atom. The molecule has 2 aromatic rings. The Labute approximate surface area is 193 Å². The average Bonchev–Trinajstić information content (AvgIpc) is 3.37. The number of nitrogens with one attached hydrogen (secondary N) is 1. The minimum absolute atomic E-state index is 0.0249. The van der Waals surface area contributed by atoms with Crippen LogP contribution in [0.25, 0.3) is 11.1 Å². The highest BCUT2D eigenvalue weighted by atomic mass is 16.5. The van der Waals surface area contributed by atoms with Crippen molar-refractivity contribution < 1.29 is 24.2 Å². The van der Waals surface area contributed by atoms with Crippen LogP contribution in [0, 0.1) is 5.41 Å². The lowest BCUT2D eigenvalue weighted by atomic mass is 9.90. The first-order valence-corrected chi connectivity index (χ1v) is 11.4. The molecule has 0 radical (unpaired) electrons. The van der Waals surface area contributed by atoms with E-state index in [2.05, 4.69) is 29.6 Å². The van der Waals surface area contributed by atoms with Crippen LogP contribution in [0.1, 0.15) is 50.2 Å². The van der Waals surface area contributed by atoms with E-state index in [9.17, 15) is 19.5 Å². The Bertz CT molecular complexity index is 1020. The maximum absolute atomic E-state index is 12.7. The summed E-state index contributed by atoms with van der Waals surface area (Å²) >= 11 is 0. The van der Waals surface area contributed by atoms with Gasteiger partial charge in [-0.3, -0.25) is 9.59 Å². The number of ether oxygens (including phenoxy) is 1. The number of rotatable bonds is 7. The molecule has 2 aliphatic rings. The summed E-state index contributed by atoms with van der Waals surface area (Å²) in [5.41, 5.74) is 3.71. The van der Waals surface area contributed by atoms with E-state index in [1.54, 1.807) is 11.8 Å². The van der Waals surface area contributed by atoms with Crippen LogP contribution in [0.4, 0.5) is 4.79 Å². The highest BCUT2D eigenvalue weighted by Gasteiger charge is 2.42. The van der Waals surface area contributed by atoms with Gasteiger partial charge in [0.25, 0.3) is 0 Å². The lowest BCUT2D eigenvalue weighted by Crippen LogP contribution is -2.41. The zero-order chi connectivity index (χ0) is 23.6. The summed E-state index contributed by atoms with van der Waals surface area (Å²) in [7, 11) is 0. The van der Waals surface area contributed by atoms with Crippen LogP contribution in [-0.2, 0) is 14.3 Å². The first-order chi connectivity index (χ1) is 15.8. The van der Waals surface area contributed by atoms with Gasteiger partial charge in [-0.05, 0) is 42.0 Å². The first-order valence-electron chi connectivity index (χ1n) is 11.4. The number of aliphatic carboxylic acids is 1. The Kier molecular flexibility index (Phi) is 6.40. The molecule has 0 spiro atoms. The summed E-state index contributed by atoms with van der Waals surface area (Å²) in [5, 5.41) is 12.2. The number of nitrogens with zero attached hydrogens (tertiary/aromatic N) is 1. The number of alkyl carbamates (subject to hydrolysis) is 1. The Hall–Kier alpha value is -3.35. The molecule has 1 heterocycles. The summed E-state index contributed by atoms with van der Waals surface area (Å²) < 4.78 is 5.59. The molecule has 2 aromatic carbocycles. The Morgan fingerprint density at radius 1 is 1.12 bits per heavy atom.